The zero-order chi connectivity index (χ0) is 30.5. The molecule has 0 amide bonds. The van der Waals surface area contributed by atoms with Crippen LogP contribution in [0.3, 0.4) is 0 Å². The van der Waals surface area contributed by atoms with Gasteiger partial charge in [0, 0.05) is 46.3 Å². The Hall–Kier alpha value is -5.09. The Balaban J connectivity index is 1.31. The molecular weight excluding hydrogens is 574 g/mol. The molecule has 4 aromatic carbocycles. The van der Waals surface area contributed by atoms with Gasteiger partial charge in [0.05, 0.1) is 26.5 Å². The molecule has 6 rings (SSSR count). The number of H-pyrrole nitrogens is 1. The highest BCUT2D eigenvalue weighted by Gasteiger charge is 2.22. The number of ether oxygens (including phenoxy) is 2. The van der Waals surface area contributed by atoms with Crippen molar-refractivity contribution >= 4 is 26.6 Å². The van der Waals surface area contributed by atoms with E-state index in [9.17, 15) is 8.42 Å². The van der Waals surface area contributed by atoms with Crippen molar-refractivity contribution in [2.75, 3.05) is 18.9 Å². The third-order valence-electron chi connectivity index (χ3n) is 7.60. The lowest BCUT2D eigenvalue weighted by atomic mass is 10.0. The van der Waals surface area contributed by atoms with Gasteiger partial charge in [0.25, 0.3) is 0 Å². The minimum Gasteiger partial charge on any atom is -0.497 e. The van der Waals surface area contributed by atoms with Crippen LogP contribution >= 0.6 is 0 Å². The van der Waals surface area contributed by atoms with Gasteiger partial charge in [-0.2, -0.15) is 0 Å². The molecule has 2 aromatic heterocycles. The number of aromatic nitrogens is 4. The standard InChI is InChI=1S/C34H33N5O4S/c1-42-26-18-17-25(32(20-26)43-2)22-39-33(19-16-24-10-4-3-5-11-24)36-37-34(39)23-44(40,41)38-31-15-9-7-13-28(31)29-21-35-30-14-8-6-12-27(29)30/h3-15,17-18,20-21,35,38H,16,19,22-23H2,1-2H3. The van der Waals surface area contributed by atoms with Crippen molar-refractivity contribution in [3.05, 3.63) is 126 Å². The monoisotopic (exact) mass is 607 g/mol. The normalized spacial score (nSPS) is 11.5. The number of anilines is 1. The molecule has 0 saturated heterocycles. The molecule has 44 heavy (non-hydrogen) atoms. The van der Waals surface area contributed by atoms with Crippen molar-refractivity contribution in [2.24, 2.45) is 0 Å². The highest BCUT2D eigenvalue weighted by molar-refractivity contribution is 7.91. The molecule has 0 bridgehead atoms. The van der Waals surface area contributed by atoms with Crippen molar-refractivity contribution in [3.63, 3.8) is 0 Å². The van der Waals surface area contributed by atoms with Crippen LogP contribution in [-0.4, -0.2) is 42.4 Å². The summed E-state index contributed by atoms with van der Waals surface area (Å²) in [7, 11) is -0.686. The van der Waals surface area contributed by atoms with E-state index in [0.717, 1.165) is 39.6 Å². The quantitative estimate of drug-likeness (QED) is 0.171. The van der Waals surface area contributed by atoms with Crippen LogP contribution in [0.1, 0.15) is 22.8 Å². The van der Waals surface area contributed by atoms with E-state index in [2.05, 4.69) is 32.0 Å². The van der Waals surface area contributed by atoms with Gasteiger partial charge >= 0.3 is 0 Å². The van der Waals surface area contributed by atoms with E-state index in [4.69, 9.17) is 9.47 Å². The summed E-state index contributed by atoms with van der Waals surface area (Å²) < 4.78 is 43.1. The number of rotatable bonds is 12. The van der Waals surface area contributed by atoms with Crippen LogP contribution in [0.2, 0.25) is 0 Å². The predicted molar refractivity (Wildman–Crippen MR) is 173 cm³/mol. The van der Waals surface area contributed by atoms with Gasteiger partial charge in [0.15, 0.2) is 0 Å². The first-order chi connectivity index (χ1) is 21.4. The SMILES string of the molecule is COc1ccc(Cn2c(CCc3ccccc3)nnc2CS(=O)(=O)Nc2ccccc2-c2c[nH]c3ccccc23)c(OC)c1. The molecule has 0 spiro atoms. The van der Waals surface area contributed by atoms with Crippen molar-refractivity contribution in [1.29, 1.82) is 0 Å². The molecule has 10 heteroatoms. The number of hydrogen-bond acceptors (Lipinski definition) is 6. The number of nitrogens with one attached hydrogen (secondary N) is 2. The number of hydrogen-bond donors (Lipinski definition) is 2. The molecule has 0 atom stereocenters. The number of nitrogens with zero attached hydrogens (tertiary/aromatic N) is 3. The lowest BCUT2D eigenvalue weighted by Gasteiger charge is -2.16. The van der Waals surface area contributed by atoms with Gasteiger partial charge in [0.2, 0.25) is 10.0 Å². The van der Waals surface area contributed by atoms with Crippen molar-refractivity contribution in [1.82, 2.24) is 19.7 Å². The van der Waals surface area contributed by atoms with E-state index in [1.54, 1.807) is 20.3 Å². The molecular formula is C34H33N5O4S. The Morgan fingerprint density at radius 3 is 2.36 bits per heavy atom. The van der Waals surface area contributed by atoms with Crippen LogP contribution < -0.4 is 14.2 Å². The molecule has 6 aromatic rings. The Labute approximate surface area is 256 Å². The van der Waals surface area contributed by atoms with Crippen LogP contribution in [-0.2, 0) is 35.2 Å². The van der Waals surface area contributed by atoms with Gasteiger partial charge in [-0.05, 0) is 36.2 Å². The van der Waals surface area contributed by atoms with Crippen molar-refractivity contribution < 1.29 is 17.9 Å². The van der Waals surface area contributed by atoms with E-state index >= 15 is 0 Å². The van der Waals surface area contributed by atoms with Crippen LogP contribution in [0.25, 0.3) is 22.0 Å². The third-order valence-corrected chi connectivity index (χ3v) is 8.77. The number of sulfonamides is 1. The minimum atomic E-state index is -3.88. The fourth-order valence-electron chi connectivity index (χ4n) is 5.38. The van der Waals surface area contributed by atoms with E-state index < -0.39 is 10.0 Å². The van der Waals surface area contributed by atoms with Crippen molar-refractivity contribution in [3.8, 4) is 22.6 Å². The largest absolute Gasteiger partial charge is 0.497 e. The van der Waals surface area contributed by atoms with Gasteiger partial charge in [-0.25, -0.2) is 8.42 Å². The molecule has 2 heterocycles. The van der Waals surface area contributed by atoms with Crippen LogP contribution in [0.5, 0.6) is 11.5 Å². The average molecular weight is 608 g/mol. The number of methoxy groups -OCH3 is 2. The maximum absolute atomic E-state index is 13.7. The molecule has 0 aliphatic carbocycles. The zero-order valence-corrected chi connectivity index (χ0v) is 25.3. The second-order valence-corrected chi connectivity index (χ2v) is 12.2. The first kappa shape index (κ1) is 29.0. The maximum Gasteiger partial charge on any atom is 0.240 e. The van der Waals surface area contributed by atoms with E-state index in [1.165, 1.54) is 0 Å². The molecule has 9 nitrogen and oxygen atoms in total. The van der Waals surface area contributed by atoms with Gasteiger partial charge in [-0.3, -0.25) is 4.72 Å². The number of fused-ring (bicyclic) bond motifs is 1. The smallest absolute Gasteiger partial charge is 0.240 e. The number of para-hydroxylation sites is 2. The maximum atomic E-state index is 13.7. The van der Waals surface area contributed by atoms with Gasteiger partial charge < -0.3 is 19.0 Å². The molecule has 2 N–H and O–H groups in total. The lowest BCUT2D eigenvalue weighted by Crippen LogP contribution is -2.19. The number of aromatic amines is 1. The fraction of sp³-hybridized carbons (Fsp3) is 0.176. The van der Waals surface area contributed by atoms with Gasteiger partial charge in [0.1, 0.15) is 28.9 Å². The summed E-state index contributed by atoms with van der Waals surface area (Å²) in [5.74, 6) is 1.97. The van der Waals surface area contributed by atoms with Crippen LogP contribution in [0.4, 0.5) is 5.69 Å². The highest BCUT2D eigenvalue weighted by Crippen LogP contribution is 2.34. The topological polar surface area (TPSA) is 111 Å². The zero-order valence-electron chi connectivity index (χ0n) is 24.5. The molecule has 0 radical (unpaired) electrons. The van der Waals surface area contributed by atoms with Crippen LogP contribution in [0, 0.1) is 0 Å². The first-order valence-corrected chi connectivity index (χ1v) is 15.9. The fourth-order valence-corrected chi connectivity index (χ4v) is 6.51. The summed E-state index contributed by atoms with van der Waals surface area (Å²) in [5.41, 5.74) is 5.17. The number of aryl methyl sites for hydroxylation is 2. The lowest BCUT2D eigenvalue weighted by molar-refractivity contribution is 0.390. The van der Waals surface area contributed by atoms with E-state index in [0.29, 0.717) is 41.8 Å². The summed E-state index contributed by atoms with van der Waals surface area (Å²) in [6.45, 7) is 0.334. The van der Waals surface area contributed by atoms with Crippen LogP contribution in [0.15, 0.2) is 103 Å². The summed E-state index contributed by atoms with van der Waals surface area (Å²) in [5, 5.41) is 9.84. The van der Waals surface area contributed by atoms with Gasteiger partial charge in [-0.15, -0.1) is 10.2 Å². The summed E-state index contributed by atoms with van der Waals surface area (Å²) in [4.78, 5) is 3.27. The predicted octanol–water partition coefficient (Wildman–Crippen LogP) is 6.22. The van der Waals surface area contributed by atoms with E-state index in [-0.39, 0.29) is 5.75 Å². The number of benzene rings is 4. The summed E-state index contributed by atoms with van der Waals surface area (Å²) >= 11 is 0. The second-order valence-electron chi connectivity index (χ2n) is 10.4. The molecule has 0 fully saturated rings. The highest BCUT2D eigenvalue weighted by atomic mass is 32.2. The summed E-state index contributed by atoms with van der Waals surface area (Å²) in [6, 6.07) is 31.0. The second kappa shape index (κ2) is 12.6. The molecule has 224 valence electrons. The Morgan fingerprint density at radius 2 is 1.55 bits per heavy atom. The van der Waals surface area contributed by atoms with E-state index in [1.807, 2.05) is 89.6 Å². The molecule has 0 aliphatic rings. The Kier molecular flexibility index (Phi) is 8.33. The molecule has 0 aliphatic heterocycles. The summed E-state index contributed by atoms with van der Waals surface area (Å²) in [6.07, 6.45) is 3.23. The third kappa shape index (κ3) is 6.30. The minimum absolute atomic E-state index is 0.334. The van der Waals surface area contributed by atoms with Gasteiger partial charge in [-0.1, -0.05) is 66.7 Å². The molecule has 0 unspecified atom stereocenters. The Morgan fingerprint density at radius 1 is 0.795 bits per heavy atom. The average Bonchev–Trinajstić information content (AvgIpc) is 3.64. The van der Waals surface area contributed by atoms with Crippen molar-refractivity contribution in [2.45, 2.75) is 25.1 Å². The first-order valence-electron chi connectivity index (χ1n) is 14.3. The Bertz CT molecular complexity index is 2000. The molecule has 0 saturated carbocycles.